The highest BCUT2D eigenvalue weighted by atomic mass is 32.1. The topological polar surface area (TPSA) is 105 Å². The van der Waals surface area contributed by atoms with Gasteiger partial charge in [0.1, 0.15) is 18.4 Å². The van der Waals surface area contributed by atoms with Gasteiger partial charge < -0.3 is 9.64 Å². The van der Waals surface area contributed by atoms with Gasteiger partial charge >= 0.3 is 0 Å². The first-order chi connectivity index (χ1) is 16.0. The minimum Gasteiger partial charge on any atom is -0.492 e. The predicted molar refractivity (Wildman–Crippen MR) is 121 cm³/mol. The van der Waals surface area contributed by atoms with Crippen LogP contribution in [0.5, 0.6) is 5.75 Å². The summed E-state index contributed by atoms with van der Waals surface area (Å²) in [5, 5.41) is 6.46. The number of ether oxygens (including phenoxy) is 1. The highest BCUT2D eigenvalue weighted by molar-refractivity contribution is 7.05. The number of carbonyl (C=O) groups is 3. The molecule has 3 aliphatic rings. The SMILES string of the molecule is Cc1nnsc1CN1CCCC[C@@H]1COc1ccc2c(c1)CN(C1CCC(=O)NC1=O)C2=O. The van der Waals surface area contributed by atoms with Crippen molar-refractivity contribution in [1.82, 2.24) is 24.7 Å². The molecule has 10 heteroatoms. The van der Waals surface area contributed by atoms with E-state index in [9.17, 15) is 14.4 Å². The van der Waals surface area contributed by atoms with Crippen molar-refractivity contribution < 1.29 is 19.1 Å². The second kappa shape index (κ2) is 9.18. The van der Waals surface area contributed by atoms with Gasteiger partial charge in [-0.3, -0.25) is 24.6 Å². The number of rotatable bonds is 6. The molecule has 0 bridgehead atoms. The molecule has 1 aromatic heterocycles. The summed E-state index contributed by atoms with van der Waals surface area (Å²) in [6.07, 6.45) is 4.06. The van der Waals surface area contributed by atoms with Crippen LogP contribution in [-0.2, 0) is 22.7 Å². The van der Waals surface area contributed by atoms with Crippen molar-refractivity contribution in [1.29, 1.82) is 0 Å². The number of nitrogens with zero attached hydrogens (tertiary/aromatic N) is 4. The van der Waals surface area contributed by atoms with E-state index in [1.54, 1.807) is 11.0 Å². The predicted octanol–water partition coefficient (Wildman–Crippen LogP) is 2.04. The van der Waals surface area contributed by atoms with Gasteiger partial charge in [-0.05, 0) is 68.0 Å². The molecule has 174 valence electrons. The van der Waals surface area contributed by atoms with Crippen LogP contribution in [0.2, 0.25) is 0 Å². The average molecular weight is 470 g/mol. The Morgan fingerprint density at radius 2 is 2.09 bits per heavy atom. The zero-order chi connectivity index (χ0) is 22.9. The quantitative estimate of drug-likeness (QED) is 0.646. The molecule has 2 fully saturated rings. The lowest BCUT2D eigenvalue weighted by molar-refractivity contribution is -0.136. The first kappa shape index (κ1) is 22.0. The molecule has 2 aromatic rings. The number of piperidine rings is 2. The number of benzene rings is 1. The summed E-state index contributed by atoms with van der Waals surface area (Å²) in [6.45, 7) is 4.81. The van der Waals surface area contributed by atoms with Crippen LogP contribution in [0.25, 0.3) is 0 Å². The van der Waals surface area contributed by atoms with Crippen LogP contribution in [-0.4, -0.2) is 62.3 Å². The number of aryl methyl sites for hydroxylation is 1. The van der Waals surface area contributed by atoms with Crippen LogP contribution >= 0.6 is 11.5 Å². The Balaban J connectivity index is 1.23. The van der Waals surface area contributed by atoms with E-state index in [1.165, 1.54) is 29.3 Å². The molecular formula is C23H27N5O4S. The summed E-state index contributed by atoms with van der Waals surface area (Å²) in [7, 11) is 0. The molecule has 9 nitrogen and oxygen atoms in total. The number of carbonyl (C=O) groups excluding carboxylic acids is 3. The Morgan fingerprint density at radius 3 is 2.88 bits per heavy atom. The summed E-state index contributed by atoms with van der Waals surface area (Å²) in [4.78, 5) is 41.8. The van der Waals surface area contributed by atoms with E-state index in [4.69, 9.17) is 4.74 Å². The number of nitrogens with one attached hydrogen (secondary N) is 1. The summed E-state index contributed by atoms with van der Waals surface area (Å²) in [6, 6.07) is 5.23. The van der Waals surface area contributed by atoms with Gasteiger partial charge in [-0.25, -0.2) is 0 Å². The second-order valence-electron chi connectivity index (χ2n) is 8.93. The van der Waals surface area contributed by atoms with Gasteiger partial charge in [0, 0.05) is 31.1 Å². The van der Waals surface area contributed by atoms with Crippen molar-refractivity contribution >= 4 is 29.3 Å². The Morgan fingerprint density at radius 1 is 1.21 bits per heavy atom. The number of hydrogen-bond acceptors (Lipinski definition) is 8. The van der Waals surface area contributed by atoms with Gasteiger partial charge in [0.25, 0.3) is 5.91 Å². The zero-order valence-electron chi connectivity index (χ0n) is 18.6. The monoisotopic (exact) mass is 469 g/mol. The molecule has 0 spiro atoms. The molecule has 3 aliphatic heterocycles. The van der Waals surface area contributed by atoms with Crippen molar-refractivity contribution in [3.8, 4) is 5.75 Å². The van der Waals surface area contributed by atoms with Crippen LogP contribution in [0.15, 0.2) is 18.2 Å². The Labute approximate surface area is 196 Å². The van der Waals surface area contributed by atoms with Gasteiger partial charge in [-0.1, -0.05) is 10.9 Å². The van der Waals surface area contributed by atoms with Crippen LogP contribution < -0.4 is 10.1 Å². The van der Waals surface area contributed by atoms with E-state index in [1.807, 2.05) is 19.1 Å². The van der Waals surface area contributed by atoms with Gasteiger partial charge in [0.05, 0.1) is 10.6 Å². The van der Waals surface area contributed by atoms with Crippen molar-refractivity contribution in [2.24, 2.45) is 0 Å². The van der Waals surface area contributed by atoms with E-state index < -0.39 is 11.9 Å². The molecule has 0 radical (unpaired) electrons. The Hall–Kier alpha value is -2.85. The first-order valence-electron chi connectivity index (χ1n) is 11.4. The number of imide groups is 1. The average Bonchev–Trinajstić information content (AvgIpc) is 3.35. The van der Waals surface area contributed by atoms with Gasteiger partial charge in [-0.15, -0.1) is 5.10 Å². The molecule has 1 aromatic carbocycles. The first-order valence-corrected chi connectivity index (χ1v) is 12.2. The van der Waals surface area contributed by atoms with E-state index in [-0.39, 0.29) is 18.2 Å². The van der Waals surface area contributed by atoms with Gasteiger partial charge in [0.2, 0.25) is 11.8 Å². The maximum absolute atomic E-state index is 12.9. The molecule has 2 atom stereocenters. The number of amides is 3. The maximum Gasteiger partial charge on any atom is 0.255 e. The third-order valence-corrected chi connectivity index (χ3v) is 7.59. The number of likely N-dealkylation sites (tertiary alicyclic amines) is 1. The third kappa shape index (κ3) is 4.49. The normalized spacial score (nSPS) is 23.5. The fourth-order valence-corrected chi connectivity index (χ4v) is 5.53. The minimum atomic E-state index is -0.604. The summed E-state index contributed by atoms with van der Waals surface area (Å²) in [5.74, 6) is -0.117. The van der Waals surface area contributed by atoms with Crippen molar-refractivity contribution in [3.63, 3.8) is 0 Å². The van der Waals surface area contributed by atoms with E-state index in [0.29, 0.717) is 31.2 Å². The fourth-order valence-electron chi connectivity index (χ4n) is 4.87. The van der Waals surface area contributed by atoms with E-state index in [0.717, 1.165) is 36.5 Å². The van der Waals surface area contributed by atoms with Crippen molar-refractivity contribution in [2.75, 3.05) is 13.2 Å². The molecule has 2 saturated heterocycles. The molecule has 1 unspecified atom stereocenters. The van der Waals surface area contributed by atoms with Crippen molar-refractivity contribution in [2.45, 2.75) is 64.2 Å². The maximum atomic E-state index is 12.9. The van der Waals surface area contributed by atoms with Gasteiger partial charge in [-0.2, -0.15) is 0 Å². The standard InChI is InChI=1S/C23H27N5O4S/c1-14-20(33-26-25-14)12-27-9-3-2-4-16(27)13-32-17-5-6-18-15(10-17)11-28(23(18)31)19-7-8-21(29)24-22(19)30/h5-6,10,16,19H,2-4,7-9,11-13H2,1H3,(H,24,29,30)/t16-,19?/m1/s1. The van der Waals surface area contributed by atoms with Crippen LogP contribution in [0, 0.1) is 6.92 Å². The highest BCUT2D eigenvalue weighted by Gasteiger charge is 2.39. The van der Waals surface area contributed by atoms with Gasteiger partial charge in [0.15, 0.2) is 0 Å². The Bertz CT molecular complexity index is 1090. The number of hydrogen-bond donors (Lipinski definition) is 1. The lowest BCUT2D eigenvalue weighted by Crippen LogP contribution is -2.52. The summed E-state index contributed by atoms with van der Waals surface area (Å²) >= 11 is 1.46. The van der Waals surface area contributed by atoms with Crippen LogP contribution in [0.3, 0.4) is 0 Å². The van der Waals surface area contributed by atoms with Crippen LogP contribution in [0.4, 0.5) is 0 Å². The molecule has 5 rings (SSSR count). The van der Waals surface area contributed by atoms with E-state index in [2.05, 4.69) is 19.8 Å². The highest BCUT2D eigenvalue weighted by Crippen LogP contribution is 2.31. The van der Waals surface area contributed by atoms with E-state index >= 15 is 0 Å². The Kier molecular flexibility index (Phi) is 6.11. The number of fused-ring (bicyclic) bond motifs is 1. The lowest BCUT2D eigenvalue weighted by atomic mass is 10.0. The lowest BCUT2D eigenvalue weighted by Gasteiger charge is -2.35. The molecule has 4 heterocycles. The largest absolute Gasteiger partial charge is 0.492 e. The van der Waals surface area contributed by atoms with Crippen LogP contribution in [0.1, 0.15) is 58.6 Å². The summed E-state index contributed by atoms with van der Waals surface area (Å²) < 4.78 is 10.2. The third-order valence-electron chi connectivity index (χ3n) is 6.78. The molecular weight excluding hydrogens is 442 g/mol. The molecule has 33 heavy (non-hydrogen) atoms. The minimum absolute atomic E-state index is 0.168. The zero-order valence-corrected chi connectivity index (χ0v) is 19.4. The molecule has 0 aliphatic carbocycles. The summed E-state index contributed by atoms with van der Waals surface area (Å²) in [5.41, 5.74) is 2.45. The fraction of sp³-hybridized carbons (Fsp3) is 0.522. The smallest absolute Gasteiger partial charge is 0.255 e. The van der Waals surface area contributed by atoms with Crippen molar-refractivity contribution in [3.05, 3.63) is 39.9 Å². The molecule has 1 N–H and O–H groups in total. The second-order valence-corrected chi connectivity index (χ2v) is 9.77. The molecule has 0 saturated carbocycles. The molecule has 3 amide bonds. The number of aromatic nitrogens is 2.